The van der Waals surface area contributed by atoms with Crippen LogP contribution in [0, 0.1) is 0 Å². The summed E-state index contributed by atoms with van der Waals surface area (Å²) in [5.41, 5.74) is 0.00813. The third kappa shape index (κ3) is 11.2. The van der Waals surface area contributed by atoms with Crippen LogP contribution in [0.3, 0.4) is 0 Å². The van der Waals surface area contributed by atoms with Gasteiger partial charge < -0.3 is 0 Å². The van der Waals surface area contributed by atoms with Crippen molar-refractivity contribution in [2.45, 2.75) is 104 Å². The molecule has 0 atom stereocenters. The summed E-state index contributed by atoms with van der Waals surface area (Å²) in [5, 5.41) is 2.03. The second kappa shape index (κ2) is 17.0. The van der Waals surface area contributed by atoms with E-state index in [1.165, 1.54) is 87.3 Å². The summed E-state index contributed by atoms with van der Waals surface area (Å²) in [7, 11) is 0. The van der Waals surface area contributed by atoms with E-state index in [1.807, 2.05) is 9.34 Å². The first-order valence-corrected chi connectivity index (χ1v) is 13.6. The first-order valence-electron chi connectivity index (χ1n) is 11.2. The third-order valence-electron chi connectivity index (χ3n) is 4.85. The standard InChI is InChI=1S/C11H17Cl2NOS.C11H19NOS/c1-2-3-4-5-6-7-8-14-11(15)9(12)10(13)16-14;1-2-3-4-5-6-7-9-12-11(13)8-10-14-12/h2-8H2,1H3;8,10H,2-7,9H2,1H3. The van der Waals surface area contributed by atoms with Crippen LogP contribution < -0.4 is 11.1 Å². The van der Waals surface area contributed by atoms with Gasteiger partial charge in [-0.25, -0.2) is 0 Å². The SMILES string of the molecule is CCCCCCCCn1sc(Cl)c(Cl)c1=O.CCCCCCCCn1sccc1=O. The van der Waals surface area contributed by atoms with Crippen molar-refractivity contribution in [3.63, 3.8) is 0 Å². The molecule has 2 aromatic heterocycles. The van der Waals surface area contributed by atoms with Gasteiger partial charge in [-0.1, -0.05) is 113 Å². The molecule has 8 heteroatoms. The van der Waals surface area contributed by atoms with Gasteiger partial charge in [-0.15, -0.1) is 0 Å². The molecule has 0 aromatic carbocycles. The lowest BCUT2D eigenvalue weighted by Gasteiger charge is -2.00. The second-order valence-corrected chi connectivity index (χ2v) is 10.4. The van der Waals surface area contributed by atoms with Gasteiger partial charge in [0.1, 0.15) is 9.36 Å². The third-order valence-corrected chi connectivity index (χ3v) is 7.61. The van der Waals surface area contributed by atoms with E-state index in [0.717, 1.165) is 25.9 Å². The van der Waals surface area contributed by atoms with Crippen molar-refractivity contribution in [2.75, 3.05) is 0 Å². The molecule has 0 fully saturated rings. The molecule has 172 valence electrons. The molecular weight excluding hydrogens is 459 g/mol. The van der Waals surface area contributed by atoms with E-state index in [2.05, 4.69) is 13.8 Å². The molecule has 0 saturated heterocycles. The molecule has 4 nitrogen and oxygen atoms in total. The molecule has 0 aliphatic carbocycles. The summed E-state index contributed by atoms with van der Waals surface area (Å²) >= 11 is 14.3. The molecule has 30 heavy (non-hydrogen) atoms. The van der Waals surface area contributed by atoms with Gasteiger partial charge in [0.05, 0.1) is 0 Å². The zero-order valence-corrected chi connectivity index (χ0v) is 21.5. The first kappa shape index (κ1) is 27.5. The van der Waals surface area contributed by atoms with E-state index < -0.39 is 0 Å². The molecule has 0 aliphatic heterocycles. The molecule has 0 radical (unpaired) electrons. The fraction of sp³-hybridized carbons (Fsp3) is 0.727. The highest BCUT2D eigenvalue weighted by Crippen LogP contribution is 2.23. The molecule has 0 aliphatic rings. The van der Waals surface area contributed by atoms with Crippen LogP contribution in [0.15, 0.2) is 21.0 Å². The number of hydrogen-bond acceptors (Lipinski definition) is 4. The summed E-state index contributed by atoms with van der Waals surface area (Å²) in [5.74, 6) is 0. The topological polar surface area (TPSA) is 44.0 Å². The van der Waals surface area contributed by atoms with Crippen LogP contribution in [0.5, 0.6) is 0 Å². The first-order chi connectivity index (χ1) is 14.5. The van der Waals surface area contributed by atoms with Gasteiger partial charge in [-0.3, -0.25) is 17.5 Å². The Labute approximate surface area is 199 Å². The fourth-order valence-corrected chi connectivity index (χ4v) is 5.12. The van der Waals surface area contributed by atoms with Crippen LogP contribution >= 0.6 is 46.3 Å². The molecule has 0 unspecified atom stereocenters. The van der Waals surface area contributed by atoms with Gasteiger partial charge in [0.2, 0.25) is 0 Å². The number of hydrogen-bond donors (Lipinski definition) is 0. The van der Waals surface area contributed by atoms with Crippen molar-refractivity contribution in [3.05, 3.63) is 41.5 Å². The predicted octanol–water partition coefficient (Wildman–Crippen LogP) is 7.85. The van der Waals surface area contributed by atoms with Crippen molar-refractivity contribution < 1.29 is 0 Å². The number of aryl methyl sites for hydroxylation is 2. The summed E-state index contributed by atoms with van der Waals surface area (Å²) < 4.78 is 3.88. The van der Waals surface area contributed by atoms with E-state index in [-0.39, 0.29) is 16.1 Å². The summed E-state index contributed by atoms with van der Waals surface area (Å²) in [6, 6.07) is 1.64. The Morgan fingerprint density at radius 3 is 1.70 bits per heavy atom. The van der Waals surface area contributed by atoms with Crippen molar-refractivity contribution in [1.29, 1.82) is 0 Å². The maximum absolute atomic E-state index is 11.5. The Morgan fingerprint density at radius 1 is 0.767 bits per heavy atom. The Balaban J connectivity index is 0.000000303. The van der Waals surface area contributed by atoms with Gasteiger partial charge in [0.15, 0.2) is 0 Å². The monoisotopic (exact) mass is 494 g/mol. The van der Waals surface area contributed by atoms with Gasteiger partial charge in [-0.2, -0.15) is 0 Å². The van der Waals surface area contributed by atoms with Crippen LogP contribution in [0.4, 0.5) is 0 Å². The van der Waals surface area contributed by atoms with Gasteiger partial charge in [0.25, 0.3) is 11.1 Å². The maximum atomic E-state index is 11.5. The zero-order valence-electron chi connectivity index (χ0n) is 18.3. The fourth-order valence-electron chi connectivity index (χ4n) is 3.05. The van der Waals surface area contributed by atoms with Crippen molar-refractivity contribution in [2.24, 2.45) is 0 Å². The number of rotatable bonds is 14. The average molecular weight is 496 g/mol. The van der Waals surface area contributed by atoms with Crippen molar-refractivity contribution >= 4 is 46.3 Å². The molecule has 2 aromatic rings. The number of halogens is 2. The lowest BCUT2D eigenvalue weighted by molar-refractivity contribution is 0.569. The highest BCUT2D eigenvalue weighted by molar-refractivity contribution is 7.11. The largest absolute Gasteiger partial charge is 0.280 e. The number of nitrogens with zero attached hydrogens (tertiary/aromatic N) is 2. The summed E-state index contributed by atoms with van der Waals surface area (Å²) in [4.78, 5) is 22.7. The molecular formula is C22H36Cl2N2O2S2. The smallest absolute Gasteiger partial charge is 0.268 e. The Hall–Kier alpha value is -0.560. The maximum Gasteiger partial charge on any atom is 0.280 e. The molecule has 0 spiro atoms. The van der Waals surface area contributed by atoms with Crippen LogP contribution in [0.25, 0.3) is 0 Å². The zero-order chi connectivity index (χ0) is 22.2. The van der Waals surface area contributed by atoms with E-state index >= 15 is 0 Å². The lowest BCUT2D eigenvalue weighted by atomic mass is 10.1. The Kier molecular flexibility index (Phi) is 15.6. The van der Waals surface area contributed by atoms with E-state index in [4.69, 9.17) is 23.2 Å². The van der Waals surface area contributed by atoms with E-state index in [9.17, 15) is 9.59 Å². The quantitative estimate of drug-likeness (QED) is 0.251. The second-order valence-electron chi connectivity index (χ2n) is 7.47. The molecule has 2 heterocycles. The van der Waals surface area contributed by atoms with Crippen LogP contribution in [0.2, 0.25) is 9.36 Å². The van der Waals surface area contributed by atoms with E-state index in [0.29, 0.717) is 4.34 Å². The normalized spacial score (nSPS) is 10.8. The minimum Gasteiger partial charge on any atom is -0.268 e. The number of unbranched alkanes of at least 4 members (excludes halogenated alkanes) is 10. The van der Waals surface area contributed by atoms with E-state index in [1.54, 1.807) is 10.0 Å². The molecule has 0 N–H and O–H groups in total. The van der Waals surface area contributed by atoms with Gasteiger partial charge >= 0.3 is 0 Å². The minimum atomic E-state index is -0.148. The van der Waals surface area contributed by atoms with Gasteiger partial charge in [0, 0.05) is 24.5 Å². The number of aromatic nitrogens is 2. The predicted molar refractivity (Wildman–Crippen MR) is 134 cm³/mol. The lowest BCUT2D eigenvalue weighted by Crippen LogP contribution is -2.13. The highest BCUT2D eigenvalue weighted by atomic mass is 35.5. The van der Waals surface area contributed by atoms with Crippen molar-refractivity contribution in [3.8, 4) is 0 Å². The summed E-state index contributed by atoms with van der Waals surface area (Å²) in [6.45, 7) is 6.07. The molecule has 0 bridgehead atoms. The van der Waals surface area contributed by atoms with Crippen LogP contribution in [0.1, 0.15) is 90.9 Å². The Bertz CT molecular complexity index is 796. The Morgan fingerprint density at radius 2 is 1.27 bits per heavy atom. The summed E-state index contributed by atoms with van der Waals surface area (Å²) in [6.07, 6.45) is 15.0. The average Bonchev–Trinajstić information content (AvgIpc) is 3.25. The van der Waals surface area contributed by atoms with Crippen LogP contribution in [-0.2, 0) is 13.1 Å². The van der Waals surface area contributed by atoms with Crippen molar-refractivity contribution in [1.82, 2.24) is 7.91 Å². The highest BCUT2D eigenvalue weighted by Gasteiger charge is 2.10. The van der Waals surface area contributed by atoms with Crippen LogP contribution in [-0.4, -0.2) is 7.91 Å². The molecule has 0 saturated carbocycles. The minimum absolute atomic E-state index is 0.148. The molecule has 0 amide bonds. The van der Waals surface area contributed by atoms with Gasteiger partial charge in [-0.05, 0) is 24.4 Å². The molecule has 2 rings (SSSR count).